The molecule has 3 rings (SSSR count). The van der Waals surface area contributed by atoms with Gasteiger partial charge in [0.25, 0.3) is 0 Å². The van der Waals surface area contributed by atoms with Crippen LogP contribution in [0.4, 0.5) is 0 Å². The van der Waals surface area contributed by atoms with E-state index < -0.39 is 0 Å². The van der Waals surface area contributed by atoms with Gasteiger partial charge in [0.2, 0.25) is 0 Å². The maximum atomic E-state index is 5.87. The zero-order valence-corrected chi connectivity index (χ0v) is 17.1. The van der Waals surface area contributed by atoms with E-state index in [4.69, 9.17) is 4.74 Å². The van der Waals surface area contributed by atoms with Crippen molar-refractivity contribution < 1.29 is 4.74 Å². The summed E-state index contributed by atoms with van der Waals surface area (Å²) in [4.78, 5) is 6.96. The molecule has 3 unspecified atom stereocenters. The third-order valence-electron chi connectivity index (χ3n) is 5.79. The smallest absolute Gasteiger partial charge is 0.191 e. The van der Waals surface area contributed by atoms with E-state index in [0.29, 0.717) is 18.1 Å². The minimum atomic E-state index is 0. The summed E-state index contributed by atoms with van der Waals surface area (Å²) in [6, 6.07) is 0.473. The molecule has 2 N–H and O–H groups in total. The number of ether oxygens (including phenoxy) is 1. The Morgan fingerprint density at radius 2 is 2.00 bits per heavy atom. The summed E-state index contributed by atoms with van der Waals surface area (Å²) in [7, 11) is 1.87. The zero-order chi connectivity index (χ0) is 15.6. The van der Waals surface area contributed by atoms with Gasteiger partial charge in [0.1, 0.15) is 0 Å². The lowest BCUT2D eigenvalue weighted by Crippen LogP contribution is -2.68. The minimum Gasteiger partial charge on any atom is -0.377 e. The SMILES string of the molecule is CN=C(NCCN1CCCCC1)NC1C2CCOC2C1(C)C.I. The van der Waals surface area contributed by atoms with Gasteiger partial charge in [-0.2, -0.15) is 0 Å². The number of piperidine rings is 1. The van der Waals surface area contributed by atoms with E-state index in [1.807, 2.05) is 7.05 Å². The van der Waals surface area contributed by atoms with Crippen molar-refractivity contribution in [2.45, 2.75) is 51.7 Å². The zero-order valence-electron chi connectivity index (χ0n) is 14.8. The first-order valence-electron chi connectivity index (χ1n) is 8.94. The molecule has 0 amide bonds. The van der Waals surface area contributed by atoms with Gasteiger partial charge in [-0.3, -0.25) is 4.99 Å². The Kier molecular flexibility index (Phi) is 6.98. The summed E-state index contributed by atoms with van der Waals surface area (Å²) < 4.78 is 5.87. The molecule has 1 aliphatic carbocycles. The lowest BCUT2D eigenvalue weighted by molar-refractivity contribution is -0.106. The Balaban J connectivity index is 0.00000192. The number of rotatable bonds is 4. The van der Waals surface area contributed by atoms with E-state index >= 15 is 0 Å². The van der Waals surface area contributed by atoms with Crippen molar-refractivity contribution in [1.29, 1.82) is 0 Å². The minimum absolute atomic E-state index is 0. The van der Waals surface area contributed by atoms with Gasteiger partial charge in [-0.05, 0) is 32.4 Å². The van der Waals surface area contributed by atoms with Crippen molar-refractivity contribution in [3.8, 4) is 0 Å². The fraction of sp³-hybridized carbons (Fsp3) is 0.941. The molecule has 0 aromatic rings. The van der Waals surface area contributed by atoms with E-state index in [-0.39, 0.29) is 29.4 Å². The van der Waals surface area contributed by atoms with E-state index in [9.17, 15) is 0 Å². The van der Waals surface area contributed by atoms with Gasteiger partial charge < -0.3 is 20.3 Å². The maximum absolute atomic E-state index is 5.87. The molecule has 2 saturated heterocycles. The second-order valence-electron chi connectivity index (χ2n) is 7.59. The highest BCUT2D eigenvalue weighted by molar-refractivity contribution is 14.0. The number of guanidine groups is 1. The summed E-state index contributed by atoms with van der Waals surface area (Å²) >= 11 is 0. The number of likely N-dealkylation sites (tertiary alicyclic amines) is 1. The third-order valence-corrected chi connectivity index (χ3v) is 5.79. The van der Waals surface area contributed by atoms with Crippen molar-refractivity contribution in [3.63, 3.8) is 0 Å². The molecule has 5 nitrogen and oxygen atoms in total. The number of halogens is 1. The molecule has 2 aliphatic heterocycles. The molecule has 0 spiro atoms. The Hall–Kier alpha value is -0.0800. The number of nitrogens with one attached hydrogen (secondary N) is 2. The van der Waals surface area contributed by atoms with Gasteiger partial charge in [0.05, 0.1) is 6.10 Å². The van der Waals surface area contributed by atoms with Crippen LogP contribution in [0.5, 0.6) is 0 Å². The summed E-state index contributed by atoms with van der Waals surface area (Å²) in [5.41, 5.74) is 0.200. The molecular formula is C17H33IN4O. The molecule has 1 saturated carbocycles. The highest BCUT2D eigenvalue weighted by atomic mass is 127. The summed E-state index contributed by atoms with van der Waals surface area (Å²) in [5.74, 6) is 1.59. The van der Waals surface area contributed by atoms with Crippen LogP contribution in [0, 0.1) is 11.3 Å². The van der Waals surface area contributed by atoms with Crippen LogP contribution in [0.2, 0.25) is 0 Å². The molecule has 0 aromatic carbocycles. The van der Waals surface area contributed by atoms with Crippen LogP contribution < -0.4 is 10.6 Å². The molecular weight excluding hydrogens is 403 g/mol. The highest BCUT2D eigenvalue weighted by Gasteiger charge is 2.59. The predicted molar refractivity (Wildman–Crippen MR) is 106 cm³/mol. The van der Waals surface area contributed by atoms with Gasteiger partial charge in [-0.15, -0.1) is 24.0 Å². The molecule has 134 valence electrons. The highest BCUT2D eigenvalue weighted by Crippen LogP contribution is 2.51. The lowest BCUT2D eigenvalue weighted by Gasteiger charge is -2.54. The van der Waals surface area contributed by atoms with Crippen LogP contribution in [-0.4, -0.2) is 62.8 Å². The van der Waals surface area contributed by atoms with Crippen LogP contribution >= 0.6 is 24.0 Å². The quantitative estimate of drug-likeness (QED) is 0.403. The van der Waals surface area contributed by atoms with Gasteiger partial charge in [0.15, 0.2) is 5.96 Å². The molecule has 0 aromatic heterocycles. The van der Waals surface area contributed by atoms with Crippen LogP contribution in [0.15, 0.2) is 4.99 Å². The van der Waals surface area contributed by atoms with Gasteiger partial charge in [-0.1, -0.05) is 20.3 Å². The lowest BCUT2D eigenvalue weighted by atomic mass is 9.57. The van der Waals surface area contributed by atoms with Gasteiger partial charge >= 0.3 is 0 Å². The number of aliphatic imine (C=N–C) groups is 1. The molecule has 3 aliphatic rings. The van der Waals surface area contributed by atoms with Gasteiger partial charge in [0, 0.05) is 44.1 Å². The largest absolute Gasteiger partial charge is 0.377 e. The monoisotopic (exact) mass is 436 g/mol. The molecule has 2 heterocycles. The second-order valence-corrected chi connectivity index (χ2v) is 7.59. The number of fused-ring (bicyclic) bond motifs is 1. The van der Waals surface area contributed by atoms with Gasteiger partial charge in [-0.25, -0.2) is 0 Å². The fourth-order valence-electron chi connectivity index (χ4n) is 4.47. The first kappa shape index (κ1) is 19.2. The molecule has 6 heteroatoms. The van der Waals surface area contributed by atoms with E-state index in [1.54, 1.807) is 0 Å². The van der Waals surface area contributed by atoms with Crippen LogP contribution in [-0.2, 0) is 4.74 Å². The summed E-state index contributed by atoms with van der Waals surface area (Å²) in [6.07, 6.45) is 5.71. The second kappa shape index (κ2) is 8.34. The van der Waals surface area contributed by atoms with Crippen molar-refractivity contribution in [3.05, 3.63) is 0 Å². The van der Waals surface area contributed by atoms with Crippen LogP contribution in [0.25, 0.3) is 0 Å². The molecule has 0 radical (unpaired) electrons. The van der Waals surface area contributed by atoms with Crippen molar-refractivity contribution in [2.24, 2.45) is 16.3 Å². The average Bonchev–Trinajstić information content (AvgIpc) is 2.98. The number of hydrogen-bond donors (Lipinski definition) is 2. The maximum Gasteiger partial charge on any atom is 0.191 e. The van der Waals surface area contributed by atoms with Crippen LogP contribution in [0.3, 0.4) is 0 Å². The molecule has 3 fully saturated rings. The Morgan fingerprint density at radius 1 is 1.26 bits per heavy atom. The Morgan fingerprint density at radius 3 is 2.70 bits per heavy atom. The third kappa shape index (κ3) is 4.12. The van der Waals surface area contributed by atoms with Crippen molar-refractivity contribution in [2.75, 3.05) is 39.8 Å². The predicted octanol–water partition coefficient (Wildman–Crippen LogP) is 2.07. The summed E-state index contributed by atoms with van der Waals surface area (Å²) in [5, 5.41) is 7.13. The average molecular weight is 436 g/mol. The number of hydrogen-bond acceptors (Lipinski definition) is 3. The van der Waals surface area contributed by atoms with Crippen LogP contribution in [0.1, 0.15) is 39.5 Å². The molecule has 3 atom stereocenters. The summed E-state index contributed by atoms with van der Waals surface area (Å²) in [6.45, 7) is 10.1. The van der Waals surface area contributed by atoms with E-state index in [1.165, 1.54) is 38.8 Å². The Bertz CT molecular complexity index is 409. The fourth-order valence-corrected chi connectivity index (χ4v) is 4.47. The first-order chi connectivity index (χ1) is 10.6. The topological polar surface area (TPSA) is 48.9 Å². The van der Waals surface area contributed by atoms with Crippen molar-refractivity contribution in [1.82, 2.24) is 15.5 Å². The number of nitrogens with zero attached hydrogens (tertiary/aromatic N) is 2. The van der Waals surface area contributed by atoms with E-state index in [0.717, 1.165) is 25.7 Å². The molecule has 23 heavy (non-hydrogen) atoms. The first-order valence-corrected chi connectivity index (χ1v) is 8.94. The standard InChI is InChI=1S/C17H32N4O.HI/c1-17(2)14(13-7-12-22-15(13)17)20-16(18-3)19-8-11-21-9-5-4-6-10-21;/h13-15H,4-12H2,1-3H3,(H2,18,19,20);1H. The Labute approximate surface area is 158 Å². The van der Waals surface area contributed by atoms with Crippen molar-refractivity contribution >= 4 is 29.9 Å². The normalized spacial score (nSPS) is 33.3. The van der Waals surface area contributed by atoms with E-state index in [2.05, 4.69) is 34.4 Å². The molecule has 0 bridgehead atoms.